The number of carbonyl (C=O) groups is 1. The summed E-state index contributed by atoms with van der Waals surface area (Å²) in [5.74, 6) is -0.845. The number of nitrogens with zero attached hydrogens (tertiary/aromatic N) is 2. The van der Waals surface area contributed by atoms with E-state index in [4.69, 9.17) is 11.6 Å². The summed E-state index contributed by atoms with van der Waals surface area (Å²) >= 11 is 7.38. The molecule has 6 heteroatoms. The molecule has 1 aromatic carbocycles. The molecule has 1 aliphatic heterocycles. The zero-order valence-corrected chi connectivity index (χ0v) is 12.2. The molecule has 0 spiro atoms. The predicted octanol–water partition coefficient (Wildman–Crippen LogP) is 3.05. The van der Waals surface area contributed by atoms with Crippen LogP contribution in [0.25, 0.3) is 0 Å². The normalized spacial score (nSPS) is 15.1. The third-order valence-electron chi connectivity index (χ3n) is 3.46. The van der Waals surface area contributed by atoms with Crippen molar-refractivity contribution in [1.82, 2.24) is 9.88 Å². The van der Waals surface area contributed by atoms with Crippen molar-refractivity contribution in [3.05, 3.63) is 50.4 Å². The quantitative estimate of drug-likeness (QED) is 0.947. The van der Waals surface area contributed by atoms with Gasteiger partial charge in [-0.25, -0.2) is 9.78 Å². The molecular formula is C14H13ClN2O2S. The lowest BCUT2D eigenvalue weighted by atomic mass is 9.94. The van der Waals surface area contributed by atoms with Gasteiger partial charge in [-0.15, -0.1) is 11.3 Å². The average Bonchev–Trinajstić information content (AvgIpc) is 2.83. The third kappa shape index (κ3) is 2.70. The van der Waals surface area contributed by atoms with Crippen molar-refractivity contribution in [3.63, 3.8) is 0 Å². The lowest BCUT2D eigenvalue weighted by Gasteiger charge is -2.28. The molecule has 1 N–H and O–H groups in total. The van der Waals surface area contributed by atoms with Crippen molar-refractivity contribution in [2.75, 3.05) is 6.54 Å². The van der Waals surface area contributed by atoms with E-state index < -0.39 is 5.97 Å². The summed E-state index contributed by atoms with van der Waals surface area (Å²) in [6.45, 7) is 2.36. The van der Waals surface area contributed by atoms with Gasteiger partial charge in [0.15, 0.2) is 0 Å². The third-order valence-corrected chi connectivity index (χ3v) is 4.56. The van der Waals surface area contributed by atoms with Gasteiger partial charge < -0.3 is 5.11 Å². The van der Waals surface area contributed by atoms with Crippen LogP contribution in [0.1, 0.15) is 26.5 Å². The summed E-state index contributed by atoms with van der Waals surface area (Å²) < 4.78 is 0.700. The van der Waals surface area contributed by atoms with Crippen LogP contribution in [0, 0.1) is 0 Å². The molecule has 0 radical (unpaired) electrons. The van der Waals surface area contributed by atoms with E-state index in [2.05, 4.69) is 9.88 Å². The van der Waals surface area contributed by atoms with Crippen LogP contribution in [0.15, 0.2) is 24.4 Å². The van der Waals surface area contributed by atoms with Gasteiger partial charge in [0.2, 0.25) is 0 Å². The molecule has 1 aromatic heterocycles. The van der Waals surface area contributed by atoms with Gasteiger partial charge >= 0.3 is 5.97 Å². The number of thiazole rings is 1. The number of hydrogen-bond donors (Lipinski definition) is 1. The van der Waals surface area contributed by atoms with Crippen LogP contribution in [-0.4, -0.2) is 27.5 Å². The van der Waals surface area contributed by atoms with Crippen molar-refractivity contribution in [1.29, 1.82) is 0 Å². The van der Waals surface area contributed by atoms with Crippen LogP contribution < -0.4 is 0 Å². The Hall–Kier alpha value is -1.43. The van der Waals surface area contributed by atoms with E-state index in [0.29, 0.717) is 9.90 Å². The number of benzene rings is 1. The molecule has 0 fully saturated rings. The number of carboxylic acids is 1. The van der Waals surface area contributed by atoms with Gasteiger partial charge in [-0.1, -0.05) is 23.7 Å². The molecule has 0 amide bonds. The van der Waals surface area contributed by atoms with E-state index in [1.54, 1.807) is 12.3 Å². The van der Waals surface area contributed by atoms with Crippen LogP contribution in [0.5, 0.6) is 0 Å². The second-order valence-electron chi connectivity index (χ2n) is 4.77. The van der Waals surface area contributed by atoms with Crippen molar-refractivity contribution < 1.29 is 9.90 Å². The minimum atomic E-state index is -0.845. The van der Waals surface area contributed by atoms with Crippen LogP contribution in [-0.2, 0) is 19.5 Å². The molecule has 20 heavy (non-hydrogen) atoms. The molecule has 0 saturated carbocycles. The molecule has 0 unspecified atom stereocenters. The monoisotopic (exact) mass is 308 g/mol. The SMILES string of the molecule is O=C(O)c1cccc2c1CCN(Cc1ncc(Cl)s1)C2. The van der Waals surface area contributed by atoms with E-state index in [9.17, 15) is 9.90 Å². The predicted molar refractivity (Wildman–Crippen MR) is 78.3 cm³/mol. The Morgan fingerprint density at radius 3 is 3.05 bits per heavy atom. The fourth-order valence-electron chi connectivity index (χ4n) is 2.56. The Morgan fingerprint density at radius 1 is 1.50 bits per heavy atom. The molecule has 0 atom stereocenters. The van der Waals surface area contributed by atoms with Crippen LogP contribution in [0.4, 0.5) is 0 Å². The largest absolute Gasteiger partial charge is 0.478 e. The van der Waals surface area contributed by atoms with Crippen molar-refractivity contribution >= 4 is 28.9 Å². The number of hydrogen-bond acceptors (Lipinski definition) is 4. The van der Waals surface area contributed by atoms with E-state index >= 15 is 0 Å². The minimum absolute atomic E-state index is 0.430. The van der Waals surface area contributed by atoms with Gasteiger partial charge in [0, 0.05) is 13.1 Å². The number of rotatable bonds is 3. The van der Waals surface area contributed by atoms with E-state index in [0.717, 1.165) is 42.2 Å². The summed E-state index contributed by atoms with van der Waals surface area (Å²) in [6, 6.07) is 5.49. The van der Waals surface area contributed by atoms with Gasteiger partial charge in [0.05, 0.1) is 18.3 Å². The Balaban J connectivity index is 1.79. The first-order valence-corrected chi connectivity index (χ1v) is 7.49. The highest BCUT2D eigenvalue weighted by Crippen LogP contribution is 2.25. The van der Waals surface area contributed by atoms with Crippen LogP contribution in [0.3, 0.4) is 0 Å². The zero-order chi connectivity index (χ0) is 14.1. The lowest BCUT2D eigenvalue weighted by molar-refractivity contribution is 0.0694. The molecule has 0 bridgehead atoms. The number of carboxylic acid groups (broad SMARTS) is 1. The molecule has 104 valence electrons. The molecule has 2 aromatic rings. The first-order chi connectivity index (χ1) is 9.63. The first kappa shape index (κ1) is 13.5. The number of aromatic nitrogens is 1. The highest BCUT2D eigenvalue weighted by atomic mass is 35.5. The van der Waals surface area contributed by atoms with Gasteiger partial charge in [-0.2, -0.15) is 0 Å². The number of fused-ring (bicyclic) bond motifs is 1. The van der Waals surface area contributed by atoms with Crippen LogP contribution in [0.2, 0.25) is 4.34 Å². The molecule has 3 rings (SSSR count). The van der Waals surface area contributed by atoms with E-state index in [-0.39, 0.29) is 0 Å². The molecule has 4 nitrogen and oxygen atoms in total. The minimum Gasteiger partial charge on any atom is -0.478 e. The number of aromatic carboxylic acids is 1. The Morgan fingerprint density at radius 2 is 2.35 bits per heavy atom. The smallest absolute Gasteiger partial charge is 0.335 e. The Kier molecular flexibility index (Phi) is 3.74. The fraction of sp³-hybridized carbons (Fsp3) is 0.286. The number of halogens is 1. The Labute approximate surface area is 125 Å². The molecule has 1 aliphatic rings. The van der Waals surface area contributed by atoms with E-state index in [1.807, 2.05) is 12.1 Å². The van der Waals surface area contributed by atoms with Gasteiger partial charge in [-0.05, 0) is 23.6 Å². The summed E-state index contributed by atoms with van der Waals surface area (Å²) in [7, 11) is 0. The molecule has 0 aliphatic carbocycles. The summed E-state index contributed by atoms with van der Waals surface area (Å²) in [5.41, 5.74) is 2.49. The second kappa shape index (κ2) is 5.52. The Bertz CT molecular complexity index is 656. The standard InChI is InChI=1S/C14H13ClN2O2S/c15-12-6-16-13(20-12)8-17-5-4-10-9(7-17)2-1-3-11(10)14(18)19/h1-3,6H,4-5,7-8H2,(H,18,19). The summed E-state index contributed by atoms with van der Waals surface area (Å²) in [4.78, 5) is 17.7. The maximum Gasteiger partial charge on any atom is 0.335 e. The molecular weight excluding hydrogens is 296 g/mol. The highest BCUT2D eigenvalue weighted by molar-refractivity contribution is 7.15. The summed E-state index contributed by atoms with van der Waals surface area (Å²) in [5, 5.41) is 10.2. The van der Waals surface area contributed by atoms with Crippen molar-refractivity contribution in [3.8, 4) is 0 Å². The van der Waals surface area contributed by atoms with Gasteiger partial charge in [0.25, 0.3) is 0 Å². The van der Waals surface area contributed by atoms with Crippen LogP contribution >= 0.6 is 22.9 Å². The lowest BCUT2D eigenvalue weighted by Crippen LogP contribution is -2.31. The zero-order valence-electron chi connectivity index (χ0n) is 10.7. The maximum atomic E-state index is 11.2. The van der Waals surface area contributed by atoms with Gasteiger partial charge in [0.1, 0.15) is 9.34 Å². The topological polar surface area (TPSA) is 53.4 Å². The molecule has 0 saturated heterocycles. The highest BCUT2D eigenvalue weighted by Gasteiger charge is 2.21. The van der Waals surface area contributed by atoms with Crippen molar-refractivity contribution in [2.24, 2.45) is 0 Å². The van der Waals surface area contributed by atoms with E-state index in [1.165, 1.54) is 11.3 Å². The second-order valence-corrected chi connectivity index (χ2v) is 6.51. The molecule has 2 heterocycles. The summed E-state index contributed by atoms with van der Waals surface area (Å²) in [6.07, 6.45) is 2.43. The first-order valence-electron chi connectivity index (χ1n) is 6.30. The average molecular weight is 309 g/mol. The maximum absolute atomic E-state index is 11.2. The van der Waals surface area contributed by atoms with Gasteiger partial charge in [-0.3, -0.25) is 4.90 Å². The fourth-order valence-corrected chi connectivity index (χ4v) is 3.55. The van der Waals surface area contributed by atoms with Crippen molar-refractivity contribution in [2.45, 2.75) is 19.5 Å².